The molecule has 1 aliphatic heterocycles. The predicted molar refractivity (Wildman–Crippen MR) is 122 cm³/mol. The molecule has 1 aliphatic rings. The number of aliphatic hydroxyl groups excluding tert-OH is 1. The predicted octanol–water partition coefficient (Wildman–Crippen LogP) is 4.46. The van der Waals surface area contributed by atoms with Crippen LogP contribution < -0.4 is 0 Å². The number of hydrogen-bond donors (Lipinski definition) is 1. The fraction of sp³-hybridized carbons (Fsp3) is 0.375. The van der Waals surface area contributed by atoms with Crippen LogP contribution in [0.15, 0.2) is 46.5 Å². The maximum Gasteiger partial charge on any atom is 0.196 e. The number of aliphatic hydroxyl groups is 1. The lowest BCUT2D eigenvalue weighted by molar-refractivity contribution is 0.0902. The number of carbonyl (C=O) groups is 1. The van der Waals surface area contributed by atoms with E-state index in [0.717, 1.165) is 49.1 Å². The first-order chi connectivity index (χ1) is 16.0. The van der Waals surface area contributed by atoms with Gasteiger partial charge in [-0.05, 0) is 55.4 Å². The van der Waals surface area contributed by atoms with Gasteiger partial charge in [0.15, 0.2) is 16.8 Å². The molecule has 9 heteroatoms. The Bertz CT molecular complexity index is 1100. The number of Topliss-reactive ketones (excluding diaryl/α,β-unsaturated/α-hetero) is 1. The highest BCUT2D eigenvalue weighted by atomic mass is 32.2. The van der Waals surface area contributed by atoms with Crippen molar-refractivity contribution < 1.29 is 18.7 Å². The van der Waals surface area contributed by atoms with Gasteiger partial charge in [0.1, 0.15) is 18.2 Å². The third-order valence-corrected chi connectivity index (χ3v) is 6.94. The number of benzene rings is 2. The number of ketones is 1. The van der Waals surface area contributed by atoms with Crippen molar-refractivity contribution in [3.63, 3.8) is 0 Å². The Balaban J connectivity index is 1.49. The largest absolute Gasteiger partial charge is 0.388 e. The van der Waals surface area contributed by atoms with Gasteiger partial charge in [0.25, 0.3) is 0 Å². The van der Waals surface area contributed by atoms with Gasteiger partial charge in [0, 0.05) is 24.7 Å². The summed E-state index contributed by atoms with van der Waals surface area (Å²) in [4.78, 5) is 13.7. The molecule has 2 heterocycles. The number of carbonyl (C=O) groups excluding carboxylic acids is 1. The van der Waals surface area contributed by atoms with Gasteiger partial charge in [-0.1, -0.05) is 37.1 Å². The molecule has 1 fully saturated rings. The Kier molecular flexibility index (Phi) is 7.52. The molecule has 0 radical (unpaired) electrons. The number of aromatic nitrogens is 3. The molecule has 3 aromatic rings. The minimum atomic E-state index is -0.890. The molecule has 0 spiro atoms. The first-order valence-electron chi connectivity index (χ1n) is 11.0. The van der Waals surface area contributed by atoms with Crippen LogP contribution in [0.25, 0.3) is 11.4 Å². The number of likely N-dealkylation sites (tertiary alicyclic amines) is 1. The molecule has 2 aromatic carbocycles. The van der Waals surface area contributed by atoms with E-state index in [1.807, 2.05) is 12.1 Å². The summed E-state index contributed by atoms with van der Waals surface area (Å²) in [5, 5.41) is 17.5. The summed E-state index contributed by atoms with van der Waals surface area (Å²) in [6, 6.07) is 9.98. The van der Waals surface area contributed by atoms with E-state index < -0.39 is 24.0 Å². The molecule has 4 rings (SSSR count). The minimum absolute atomic E-state index is 0.212. The van der Waals surface area contributed by atoms with Crippen LogP contribution in [-0.2, 0) is 13.6 Å². The highest BCUT2D eigenvalue weighted by Crippen LogP contribution is 2.33. The maximum atomic E-state index is 14.5. The first-order valence-corrected chi connectivity index (χ1v) is 11.8. The molecular formula is C24H26F2N4O2S. The fourth-order valence-corrected chi connectivity index (χ4v) is 4.77. The summed E-state index contributed by atoms with van der Waals surface area (Å²) in [6.45, 7) is 2.38. The summed E-state index contributed by atoms with van der Waals surface area (Å²) in [6.07, 6.45) is 5.11. The molecule has 1 saturated heterocycles. The van der Waals surface area contributed by atoms with Gasteiger partial charge in [-0.25, -0.2) is 8.78 Å². The van der Waals surface area contributed by atoms with E-state index in [2.05, 4.69) is 27.2 Å². The molecule has 0 unspecified atom stereocenters. The van der Waals surface area contributed by atoms with Gasteiger partial charge in [0.2, 0.25) is 0 Å². The van der Waals surface area contributed by atoms with Crippen molar-refractivity contribution in [2.45, 2.75) is 42.3 Å². The lowest BCUT2D eigenvalue weighted by Crippen LogP contribution is -2.23. The number of nitrogens with zero attached hydrogens (tertiary/aromatic N) is 4. The van der Waals surface area contributed by atoms with E-state index in [0.29, 0.717) is 11.0 Å². The minimum Gasteiger partial charge on any atom is -0.388 e. The molecular weight excluding hydrogens is 446 g/mol. The third kappa shape index (κ3) is 5.48. The molecule has 1 N–H and O–H groups in total. The molecule has 0 saturated carbocycles. The summed E-state index contributed by atoms with van der Waals surface area (Å²) < 4.78 is 30.6. The Morgan fingerprint density at radius 3 is 2.27 bits per heavy atom. The maximum absolute atomic E-state index is 14.5. The van der Waals surface area contributed by atoms with Crippen LogP contribution in [0.4, 0.5) is 8.78 Å². The molecule has 0 atom stereocenters. The Morgan fingerprint density at radius 2 is 1.67 bits per heavy atom. The van der Waals surface area contributed by atoms with Crippen molar-refractivity contribution in [2.24, 2.45) is 7.05 Å². The van der Waals surface area contributed by atoms with Crippen LogP contribution in [0, 0.1) is 11.6 Å². The summed E-state index contributed by atoms with van der Waals surface area (Å²) in [7, 11) is 1.74. The van der Waals surface area contributed by atoms with Crippen molar-refractivity contribution in [3.05, 3.63) is 59.2 Å². The standard InChI is InChI=1S/C24H26F2N4O2S/c1-29-23(17-8-6-16(7-9-17)14-30-10-4-2-3-5-11-30)27-28-24(29)33-22-19(25)12-18(13-20(22)26)21(32)15-31/h6-9,12-13,31H,2-5,10-11,14-15H2,1H3. The van der Waals surface area contributed by atoms with Gasteiger partial charge in [-0.2, -0.15) is 0 Å². The summed E-state index contributed by atoms with van der Waals surface area (Å²) in [5.74, 6) is -1.94. The first kappa shape index (κ1) is 23.5. The van der Waals surface area contributed by atoms with Crippen LogP contribution >= 0.6 is 11.8 Å². The third-order valence-electron chi connectivity index (χ3n) is 5.81. The Labute approximate surface area is 195 Å². The SMILES string of the molecule is Cn1c(Sc2c(F)cc(C(=O)CO)cc2F)nnc1-c1ccc(CN2CCCCCC2)cc1. The molecule has 174 valence electrons. The molecule has 1 aromatic heterocycles. The van der Waals surface area contributed by atoms with Crippen molar-refractivity contribution in [1.82, 2.24) is 19.7 Å². The summed E-state index contributed by atoms with van der Waals surface area (Å²) in [5.41, 5.74) is 1.89. The Morgan fingerprint density at radius 1 is 1.03 bits per heavy atom. The van der Waals surface area contributed by atoms with E-state index in [4.69, 9.17) is 5.11 Å². The molecule has 33 heavy (non-hydrogen) atoms. The highest BCUT2D eigenvalue weighted by molar-refractivity contribution is 7.99. The zero-order chi connectivity index (χ0) is 23.4. The van der Waals surface area contributed by atoms with Gasteiger partial charge in [-0.3, -0.25) is 9.69 Å². The van der Waals surface area contributed by atoms with E-state index >= 15 is 0 Å². The van der Waals surface area contributed by atoms with Gasteiger partial charge in [0.05, 0.1) is 4.90 Å². The van der Waals surface area contributed by atoms with Crippen molar-refractivity contribution in [2.75, 3.05) is 19.7 Å². The monoisotopic (exact) mass is 472 g/mol. The van der Waals surface area contributed by atoms with Crippen LogP contribution in [-0.4, -0.2) is 50.3 Å². The van der Waals surface area contributed by atoms with Crippen molar-refractivity contribution in [3.8, 4) is 11.4 Å². The van der Waals surface area contributed by atoms with E-state index in [1.165, 1.54) is 31.2 Å². The van der Waals surface area contributed by atoms with Gasteiger partial charge < -0.3 is 9.67 Å². The molecule has 0 amide bonds. The zero-order valence-corrected chi connectivity index (χ0v) is 19.2. The average molecular weight is 473 g/mol. The molecule has 6 nitrogen and oxygen atoms in total. The second-order valence-corrected chi connectivity index (χ2v) is 9.18. The van der Waals surface area contributed by atoms with E-state index in [9.17, 15) is 13.6 Å². The van der Waals surface area contributed by atoms with Gasteiger partial charge >= 0.3 is 0 Å². The fourth-order valence-electron chi connectivity index (χ4n) is 3.97. The van der Waals surface area contributed by atoms with E-state index in [-0.39, 0.29) is 10.5 Å². The van der Waals surface area contributed by atoms with Crippen LogP contribution in [0.5, 0.6) is 0 Å². The second-order valence-electron chi connectivity index (χ2n) is 8.20. The Hall–Kier alpha value is -2.62. The molecule has 0 aliphatic carbocycles. The second kappa shape index (κ2) is 10.5. The van der Waals surface area contributed by atoms with Crippen LogP contribution in [0.3, 0.4) is 0 Å². The highest BCUT2D eigenvalue weighted by Gasteiger charge is 2.20. The molecule has 0 bridgehead atoms. The lowest BCUT2D eigenvalue weighted by atomic mass is 10.1. The summed E-state index contributed by atoms with van der Waals surface area (Å²) >= 11 is 0.798. The lowest BCUT2D eigenvalue weighted by Gasteiger charge is -2.19. The smallest absolute Gasteiger partial charge is 0.196 e. The quantitative estimate of drug-likeness (QED) is 0.512. The number of hydrogen-bond acceptors (Lipinski definition) is 6. The van der Waals surface area contributed by atoms with Gasteiger partial charge in [-0.15, -0.1) is 10.2 Å². The average Bonchev–Trinajstić information content (AvgIpc) is 2.99. The topological polar surface area (TPSA) is 71.2 Å². The normalized spacial score (nSPS) is 14.9. The number of rotatable bonds is 7. The van der Waals surface area contributed by atoms with Crippen LogP contribution in [0.1, 0.15) is 41.6 Å². The van der Waals surface area contributed by atoms with Crippen LogP contribution in [0.2, 0.25) is 0 Å². The van der Waals surface area contributed by atoms with E-state index in [1.54, 1.807) is 11.6 Å². The van der Waals surface area contributed by atoms with Crippen molar-refractivity contribution >= 4 is 17.5 Å². The zero-order valence-electron chi connectivity index (χ0n) is 18.4. The number of halogens is 2. The van der Waals surface area contributed by atoms with Crippen molar-refractivity contribution in [1.29, 1.82) is 0 Å².